The monoisotopic (exact) mass is 264 g/mol. The zero-order chi connectivity index (χ0) is 13.9. The molecule has 0 aliphatic heterocycles. The molecule has 0 spiro atoms. The molecule has 0 N–H and O–H groups in total. The first kappa shape index (κ1) is 13.9. The van der Waals surface area contributed by atoms with Crippen LogP contribution < -0.4 is 0 Å². The third kappa shape index (κ3) is 2.73. The molecule has 0 fully saturated rings. The molecule has 0 bridgehead atoms. The lowest BCUT2D eigenvalue weighted by Gasteiger charge is -2.05. The third-order valence-corrected chi connectivity index (χ3v) is 1.86. The van der Waals surface area contributed by atoms with Crippen LogP contribution in [0.3, 0.4) is 0 Å². The minimum Gasteiger partial charge on any atom is -0.461 e. The van der Waals surface area contributed by atoms with Gasteiger partial charge in [-0.2, -0.15) is 0 Å². The number of nitrogens with zero attached hydrogens (tertiary/aromatic N) is 2. The number of alkyl halides is 2. The van der Waals surface area contributed by atoms with Gasteiger partial charge < -0.3 is 4.74 Å². The predicted molar refractivity (Wildman–Crippen MR) is 51.8 cm³/mol. The van der Waals surface area contributed by atoms with E-state index in [0.717, 1.165) is 0 Å². The van der Waals surface area contributed by atoms with E-state index in [1.165, 1.54) is 6.92 Å². The van der Waals surface area contributed by atoms with E-state index >= 15 is 0 Å². The predicted octanol–water partition coefficient (Wildman–Crippen LogP) is 2.24. The highest BCUT2D eigenvalue weighted by Gasteiger charge is 2.29. The second-order valence-corrected chi connectivity index (χ2v) is 3.00. The van der Waals surface area contributed by atoms with Crippen molar-refractivity contribution in [1.29, 1.82) is 0 Å². The molecule has 1 aromatic heterocycles. The minimum atomic E-state index is -3.31. The van der Waals surface area contributed by atoms with Crippen LogP contribution in [0.25, 0.3) is 0 Å². The van der Waals surface area contributed by atoms with Crippen LogP contribution in [0.1, 0.15) is 29.5 Å². The van der Waals surface area contributed by atoms with Gasteiger partial charge >= 0.3 is 5.97 Å². The minimum absolute atomic E-state index is 0.110. The molecule has 1 rings (SSSR count). The van der Waals surface area contributed by atoms with Gasteiger partial charge in [0.25, 0.3) is 12.1 Å². The van der Waals surface area contributed by atoms with E-state index in [4.69, 9.17) is 0 Å². The topological polar surface area (TPSA) is 82.3 Å². The van der Waals surface area contributed by atoms with E-state index in [1.54, 1.807) is 0 Å². The number of carbonyl (C=O) groups is 1. The number of esters is 1. The lowest BCUT2D eigenvalue weighted by molar-refractivity contribution is -0.386. The molecule has 18 heavy (non-hydrogen) atoms. The third-order valence-electron chi connectivity index (χ3n) is 1.86. The first-order valence-electron chi connectivity index (χ1n) is 4.68. The van der Waals surface area contributed by atoms with Gasteiger partial charge in [-0.25, -0.2) is 22.9 Å². The maximum Gasteiger partial charge on any atom is 0.360 e. The van der Waals surface area contributed by atoms with Gasteiger partial charge in [-0.3, -0.25) is 10.1 Å². The van der Waals surface area contributed by atoms with Crippen molar-refractivity contribution in [2.75, 3.05) is 6.61 Å². The molecule has 0 unspecified atom stereocenters. The summed E-state index contributed by atoms with van der Waals surface area (Å²) in [6, 6.07) is 0.223. The first-order valence-corrected chi connectivity index (χ1v) is 4.68. The summed E-state index contributed by atoms with van der Waals surface area (Å²) in [6.45, 7) is 1.32. The van der Waals surface area contributed by atoms with E-state index in [2.05, 4.69) is 9.72 Å². The summed E-state index contributed by atoms with van der Waals surface area (Å²) in [5.41, 5.74) is -3.46. The maximum atomic E-state index is 13.3. The molecule has 0 atom stereocenters. The molecular weight excluding hydrogens is 257 g/mol. The van der Waals surface area contributed by atoms with Crippen molar-refractivity contribution in [2.24, 2.45) is 0 Å². The van der Waals surface area contributed by atoms with Crippen molar-refractivity contribution in [2.45, 2.75) is 13.3 Å². The number of carbonyl (C=O) groups excluding carboxylic acids is 1. The Labute approximate surface area is 98.5 Å². The molecule has 9 heteroatoms. The van der Waals surface area contributed by atoms with E-state index in [1.807, 2.05) is 0 Å². The van der Waals surface area contributed by atoms with Crippen molar-refractivity contribution >= 4 is 11.7 Å². The number of pyridine rings is 1. The Hall–Kier alpha value is -2.19. The van der Waals surface area contributed by atoms with Gasteiger partial charge in [-0.05, 0) is 6.92 Å². The Morgan fingerprint density at radius 3 is 2.67 bits per heavy atom. The standard InChI is InChI=1S/C9H7F3N2O4/c1-2-18-9(15)6-4(10)3-5(14(16)17)7(13-6)8(11)12/h3,8H,2H2,1H3. The van der Waals surface area contributed by atoms with E-state index < -0.39 is 40.2 Å². The summed E-state index contributed by atoms with van der Waals surface area (Å²) in [6.07, 6.45) is -3.31. The molecule has 6 nitrogen and oxygen atoms in total. The number of ether oxygens (including phenoxy) is 1. The Morgan fingerprint density at radius 1 is 1.61 bits per heavy atom. The van der Waals surface area contributed by atoms with Crippen LogP contribution >= 0.6 is 0 Å². The summed E-state index contributed by atoms with van der Waals surface area (Å²) < 4.78 is 42.7. The van der Waals surface area contributed by atoms with Crippen LogP contribution in [-0.4, -0.2) is 22.5 Å². The quantitative estimate of drug-likeness (QED) is 0.473. The number of halogens is 3. The van der Waals surface area contributed by atoms with Gasteiger partial charge in [0.05, 0.1) is 17.6 Å². The van der Waals surface area contributed by atoms with Gasteiger partial charge in [0.15, 0.2) is 17.2 Å². The summed E-state index contributed by atoms with van der Waals surface area (Å²) in [5, 5.41) is 10.4. The number of nitro groups is 1. The molecular formula is C9H7F3N2O4. The molecule has 0 saturated heterocycles. The molecule has 0 aliphatic carbocycles. The van der Waals surface area contributed by atoms with Gasteiger partial charge in [-0.15, -0.1) is 0 Å². The Kier molecular flexibility index (Phi) is 4.18. The largest absolute Gasteiger partial charge is 0.461 e. The summed E-state index contributed by atoms with van der Waals surface area (Å²) in [7, 11) is 0. The van der Waals surface area contributed by atoms with Crippen molar-refractivity contribution in [3.05, 3.63) is 33.4 Å². The lowest BCUT2D eigenvalue weighted by atomic mass is 10.2. The van der Waals surface area contributed by atoms with Crippen molar-refractivity contribution in [1.82, 2.24) is 4.98 Å². The Balaban J connectivity index is 3.36. The van der Waals surface area contributed by atoms with Gasteiger partial charge in [-0.1, -0.05) is 0 Å². The lowest BCUT2D eigenvalue weighted by Crippen LogP contribution is -2.13. The van der Waals surface area contributed by atoms with Gasteiger partial charge in [0, 0.05) is 0 Å². The number of rotatable bonds is 4. The van der Waals surface area contributed by atoms with Gasteiger partial charge in [0.2, 0.25) is 0 Å². The Morgan fingerprint density at radius 2 is 2.22 bits per heavy atom. The van der Waals surface area contributed by atoms with Crippen LogP contribution in [0.5, 0.6) is 0 Å². The smallest absolute Gasteiger partial charge is 0.360 e. The number of hydrogen-bond acceptors (Lipinski definition) is 5. The van der Waals surface area contributed by atoms with Crippen molar-refractivity contribution in [3.8, 4) is 0 Å². The Bertz CT molecular complexity index is 493. The zero-order valence-electron chi connectivity index (χ0n) is 9.02. The molecule has 98 valence electrons. The fraction of sp³-hybridized carbons (Fsp3) is 0.333. The SMILES string of the molecule is CCOC(=O)c1nc(C(F)F)c([N+](=O)[O-])cc1F. The average Bonchev–Trinajstić information content (AvgIpc) is 2.28. The molecule has 0 aliphatic rings. The van der Waals surface area contributed by atoms with Crippen molar-refractivity contribution in [3.63, 3.8) is 0 Å². The normalized spacial score (nSPS) is 10.5. The number of hydrogen-bond donors (Lipinski definition) is 0. The van der Waals surface area contributed by atoms with E-state index in [9.17, 15) is 28.1 Å². The summed E-state index contributed by atoms with van der Waals surface area (Å²) in [5.74, 6) is -2.64. The van der Waals surface area contributed by atoms with E-state index in [-0.39, 0.29) is 12.7 Å². The van der Waals surface area contributed by atoms with Gasteiger partial charge in [0.1, 0.15) is 0 Å². The molecule has 0 aromatic carbocycles. The molecule has 0 saturated carbocycles. The van der Waals surface area contributed by atoms with Crippen LogP contribution in [0, 0.1) is 15.9 Å². The first-order chi connectivity index (χ1) is 8.38. The van der Waals surface area contributed by atoms with Crippen LogP contribution in [0.4, 0.5) is 18.9 Å². The average molecular weight is 264 g/mol. The fourth-order valence-corrected chi connectivity index (χ4v) is 1.14. The van der Waals surface area contributed by atoms with Crippen LogP contribution in [0.2, 0.25) is 0 Å². The van der Waals surface area contributed by atoms with E-state index in [0.29, 0.717) is 0 Å². The molecule has 1 heterocycles. The highest BCUT2D eigenvalue weighted by atomic mass is 19.3. The second-order valence-electron chi connectivity index (χ2n) is 3.00. The summed E-state index contributed by atoms with van der Waals surface area (Å²) >= 11 is 0. The maximum absolute atomic E-state index is 13.3. The molecule has 1 aromatic rings. The highest BCUT2D eigenvalue weighted by molar-refractivity contribution is 5.87. The second kappa shape index (κ2) is 5.43. The summed E-state index contributed by atoms with van der Waals surface area (Å²) in [4.78, 5) is 23.4. The molecule has 0 amide bonds. The molecule has 0 radical (unpaired) electrons. The van der Waals surface area contributed by atoms with Crippen LogP contribution in [-0.2, 0) is 4.74 Å². The van der Waals surface area contributed by atoms with Crippen LogP contribution in [0.15, 0.2) is 6.07 Å². The fourth-order valence-electron chi connectivity index (χ4n) is 1.14. The van der Waals surface area contributed by atoms with Crippen molar-refractivity contribution < 1.29 is 27.6 Å². The zero-order valence-corrected chi connectivity index (χ0v) is 9.02. The number of aromatic nitrogens is 1. The highest BCUT2D eigenvalue weighted by Crippen LogP contribution is 2.28.